The molecule has 0 saturated heterocycles. The molecule has 1 aromatic rings. The lowest BCUT2D eigenvalue weighted by Crippen LogP contribution is -2.36. The fraction of sp³-hybridized carbons (Fsp3) is 0.571. The summed E-state index contributed by atoms with van der Waals surface area (Å²) >= 11 is 0. The van der Waals surface area contributed by atoms with Gasteiger partial charge in [-0.3, -0.25) is 4.90 Å². The van der Waals surface area contributed by atoms with Crippen LogP contribution in [0.25, 0.3) is 0 Å². The maximum Gasteiger partial charge on any atom is 0.163 e. The van der Waals surface area contributed by atoms with Gasteiger partial charge in [0.05, 0.1) is 5.60 Å². The highest BCUT2D eigenvalue weighted by atomic mass is 16.6. The first kappa shape index (κ1) is 14.0. The van der Waals surface area contributed by atoms with Gasteiger partial charge in [-0.1, -0.05) is 0 Å². The van der Waals surface area contributed by atoms with Crippen molar-refractivity contribution in [2.45, 2.75) is 26.0 Å². The van der Waals surface area contributed by atoms with E-state index in [-0.39, 0.29) is 0 Å². The molecule has 0 unspecified atom stereocenters. The largest absolute Gasteiger partial charge is 0.486 e. The van der Waals surface area contributed by atoms with Gasteiger partial charge in [-0.25, -0.2) is 0 Å². The Balaban J connectivity index is 2.12. The van der Waals surface area contributed by atoms with Crippen LogP contribution in [0.2, 0.25) is 0 Å². The van der Waals surface area contributed by atoms with E-state index in [2.05, 4.69) is 0 Å². The summed E-state index contributed by atoms with van der Waals surface area (Å²) in [6.45, 7) is 5.93. The van der Waals surface area contributed by atoms with Crippen LogP contribution >= 0.6 is 0 Å². The van der Waals surface area contributed by atoms with Crippen molar-refractivity contribution in [1.82, 2.24) is 4.90 Å². The van der Waals surface area contributed by atoms with Crippen molar-refractivity contribution in [1.29, 1.82) is 0 Å². The molecule has 106 valence electrons. The van der Waals surface area contributed by atoms with Gasteiger partial charge in [0.25, 0.3) is 0 Å². The van der Waals surface area contributed by atoms with E-state index < -0.39 is 5.60 Å². The zero-order valence-corrected chi connectivity index (χ0v) is 11.8. The number of likely N-dealkylation sites (N-methyl/N-ethyl adjacent to an activating group) is 1. The van der Waals surface area contributed by atoms with Crippen molar-refractivity contribution in [3.63, 3.8) is 0 Å². The molecule has 1 aliphatic rings. The van der Waals surface area contributed by atoms with Crippen LogP contribution in [0, 0.1) is 0 Å². The third kappa shape index (κ3) is 3.75. The molecule has 2 rings (SSSR count). The van der Waals surface area contributed by atoms with Crippen molar-refractivity contribution in [2.75, 3.05) is 32.5 Å². The Bertz CT molecular complexity index is 455. The predicted octanol–water partition coefficient (Wildman–Crippen LogP) is 1.24. The van der Waals surface area contributed by atoms with Crippen LogP contribution in [0.1, 0.15) is 19.4 Å². The summed E-state index contributed by atoms with van der Waals surface area (Å²) in [5.74, 6) is 1.45. The minimum absolute atomic E-state index is 0.560. The molecule has 1 heterocycles. The molecule has 5 nitrogen and oxygen atoms in total. The third-order valence-corrected chi connectivity index (χ3v) is 2.90. The van der Waals surface area contributed by atoms with E-state index in [1.54, 1.807) is 13.8 Å². The van der Waals surface area contributed by atoms with Crippen LogP contribution in [0.15, 0.2) is 12.1 Å². The highest BCUT2D eigenvalue weighted by Gasteiger charge is 2.18. The van der Waals surface area contributed by atoms with Gasteiger partial charge in [-0.15, -0.1) is 0 Å². The molecule has 0 fully saturated rings. The number of nitrogen functional groups attached to an aromatic ring is 1. The quantitative estimate of drug-likeness (QED) is 0.803. The number of fused-ring (bicyclic) bond motifs is 1. The van der Waals surface area contributed by atoms with Crippen molar-refractivity contribution in [3.05, 3.63) is 17.7 Å². The molecule has 0 radical (unpaired) electrons. The second-order valence-electron chi connectivity index (χ2n) is 5.68. The summed E-state index contributed by atoms with van der Waals surface area (Å²) in [5.41, 5.74) is 6.98. The van der Waals surface area contributed by atoms with Crippen molar-refractivity contribution in [3.8, 4) is 11.5 Å². The van der Waals surface area contributed by atoms with E-state index in [0.29, 0.717) is 37.7 Å². The fourth-order valence-corrected chi connectivity index (χ4v) is 2.29. The van der Waals surface area contributed by atoms with Crippen LogP contribution in [-0.2, 0) is 6.54 Å². The number of hydrogen-bond donors (Lipinski definition) is 2. The number of aliphatic hydroxyl groups is 1. The van der Waals surface area contributed by atoms with Crippen molar-refractivity contribution < 1.29 is 14.6 Å². The van der Waals surface area contributed by atoms with Gasteiger partial charge in [0.2, 0.25) is 0 Å². The number of nitrogens with zero attached hydrogens (tertiary/aromatic N) is 1. The SMILES string of the molecule is CN(Cc1cc2c(cc1N)OCCO2)CC(C)(C)O. The lowest BCUT2D eigenvalue weighted by Gasteiger charge is -2.26. The second kappa shape index (κ2) is 5.27. The highest BCUT2D eigenvalue weighted by Crippen LogP contribution is 2.34. The Morgan fingerprint density at radius 3 is 2.42 bits per heavy atom. The van der Waals surface area contributed by atoms with E-state index in [9.17, 15) is 5.11 Å². The first-order valence-electron chi connectivity index (χ1n) is 6.44. The zero-order chi connectivity index (χ0) is 14.0. The monoisotopic (exact) mass is 266 g/mol. The molecular weight excluding hydrogens is 244 g/mol. The van der Waals surface area contributed by atoms with Gasteiger partial charge in [-0.05, 0) is 32.5 Å². The van der Waals surface area contributed by atoms with Crippen LogP contribution < -0.4 is 15.2 Å². The Kier molecular flexibility index (Phi) is 3.87. The Morgan fingerprint density at radius 2 is 1.84 bits per heavy atom. The first-order valence-corrected chi connectivity index (χ1v) is 6.44. The Labute approximate surface area is 113 Å². The first-order chi connectivity index (χ1) is 8.85. The number of benzene rings is 1. The molecular formula is C14H22N2O3. The molecule has 0 spiro atoms. The van der Waals surface area contributed by atoms with Gasteiger partial charge >= 0.3 is 0 Å². The van der Waals surface area contributed by atoms with Gasteiger partial charge in [0.15, 0.2) is 11.5 Å². The van der Waals surface area contributed by atoms with Gasteiger partial charge < -0.3 is 20.3 Å². The molecule has 0 saturated carbocycles. The number of anilines is 1. The van der Waals surface area contributed by atoms with Crippen LogP contribution in [-0.4, -0.2) is 42.4 Å². The number of nitrogens with two attached hydrogens (primary N) is 1. The summed E-state index contributed by atoms with van der Waals surface area (Å²) in [6.07, 6.45) is 0. The van der Waals surface area contributed by atoms with E-state index in [1.165, 1.54) is 0 Å². The Morgan fingerprint density at radius 1 is 1.26 bits per heavy atom. The summed E-state index contributed by atoms with van der Waals surface area (Å²) in [4.78, 5) is 2.03. The lowest BCUT2D eigenvalue weighted by atomic mass is 10.1. The van der Waals surface area contributed by atoms with Crippen LogP contribution in [0.3, 0.4) is 0 Å². The maximum absolute atomic E-state index is 9.81. The molecule has 0 atom stereocenters. The predicted molar refractivity (Wildman–Crippen MR) is 74.5 cm³/mol. The van der Waals surface area contributed by atoms with E-state index in [0.717, 1.165) is 11.3 Å². The molecule has 0 aliphatic carbocycles. The van der Waals surface area contributed by atoms with E-state index in [1.807, 2.05) is 24.1 Å². The highest BCUT2D eigenvalue weighted by molar-refractivity contribution is 5.58. The summed E-state index contributed by atoms with van der Waals surface area (Å²) in [7, 11) is 1.95. The average Bonchev–Trinajstić information content (AvgIpc) is 2.27. The third-order valence-electron chi connectivity index (χ3n) is 2.90. The van der Waals surface area contributed by atoms with Gasteiger partial charge in [0, 0.05) is 24.8 Å². The molecule has 3 N–H and O–H groups in total. The average molecular weight is 266 g/mol. The standard InChI is InChI=1S/C14H22N2O3/c1-14(2,17)9-16(3)8-10-6-12-13(7-11(10)15)19-5-4-18-12/h6-7,17H,4-5,8-9,15H2,1-3H3. The minimum atomic E-state index is -0.725. The molecule has 0 bridgehead atoms. The molecule has 19 heavy (non-hydrogen) atoms. The van der Waals surface area contributed by atoms with Crippen LogP contribution in [0.4, 0.5) is 5.69 Å². The molecule has 0 aromatic heterocycles. The fourth-order valence-electron chi connectivity index (χ4n) is 2.29. The molecule has 1 aliphatic heterocycles. The molecule has 1 aromatic carbocycles. The van der Waals surface area contributed by atoms with Crippen molar-refractivity contribution >= 4 is 5.69 Å². The number of rotatable bonds is 4. The normalized spacial score (nSPS) is 14.8. The second-order valence-corrected chi connectivity index (χ2v) is 5.68. The molecule has 0 amide bonds. The van der Waals surface area contributed by atoms with Gasteiger partial charge in [-0.2, -0.15) is 0 Å². The Hall–Kier alpha value is -1.46. The zero-order valence-electron chi connectivity index (χ0n) is 11.8. The molecule has 5 heteroatoms. The summed E-state index contributed by atoms with van der Waals surface area (Å²) in [6, 6.07) is 3.73. The lowest BCUT2D eigenvalue weighted by molar-refractivity contribution is 0.0425. The topological polar surface area (TPSA) is 68.0 Å². The smallest absolute Gasteiger partial charge is 0.163 e. The van der Waals surface area contributed by atoms with Gasteiger partial charge in [0.1, 0.15) is 13.2 Å². The van der Waals surface area contributed by atoms with Crippen LogP contribution in [0.5, 0.6) is 11.5 Å². The number of ether oxygens (including phenoxy) is 2. The van der Waals surface area contributed by atoms with E-state index in [4.69, 9.17) is 15.2 Å². The summed E-state index contributed by atoms with van der Waals surface area (Å²) < 4.78 is 11.0. The van der Waals surface area contributed by atoms with E-state index >= 15 is 0 Å². The van der Waals surface area contributed by atoms with Crippen molar-refractivity contribution in [2.24, 2.45) is 0 Å². The number of hydrogen-bond acceptors (Lipinski definition) is 5. The summed E-state index contributed by atoms with van der Waals surface area (Å²) in [5, 5.41) is 9.81. The maximum atomic E-state index is 9.81. The minimum Gasteiger partial charge on any atom is -0.486 e.